The van der Waals surface area contributed by atoms with Crippen LogP contribution < -0.4 is 10.6 Å². The van der Waals surface area contributed by atoms with Gasteiger partial charge in [0.2, 0.25) is 5.91 Å². The molecule has 1 heterocycles. The minimum absolute atomic E-state index is 0.0310. The van der Waals surface area contributed by atoms with Gasteiger partial charge in [0, 0.05) is 19.6 Å². The van der Waals surface area contributed by atoms with Crippen molar-refractivity contribution in [2.24, 2.45) is 0 Å². The number of rotatable bonds is 3. The molecule has 0 spiro atoms. The molecule has 16 heavy (non-hydrogen) atoms. The van der Waals surface area contributed by atoms with E-state index in [0.717, 1.165) is 26.1 Å². The Hall–Kier alpha value is -1.35. The number of amides is 1. The summed E-state index contributed by atoms with van der Waals surface area (Å²) in [6, 6.07) is 8.17. The SMILES string of the molecule is CCCNC(=O)C1CNCc2ccccc21. The van der Waals surface area contributed by atoms with Gasteiger partial charge in [0.25, 0.3) is 0 Å². The topological polar surface area (TPSA) is 41.1 Å². The van der Waals surface area contributed by atoms with Crippen molar-refractivity contribution in [3.8, 4) is 0 Å². The summed E-state index contributed by atoms with van der Waals surface area (Å²) in [4.78, 5) is 12.0. The van der Waals surface area contributed by atoms with Gasteiger partial charge in [0.1, 0.15) is 0 Å². The first-order chi connectivity index (χ1) is 7.83. The molecule has 1 aromatic carbocycles. The van der Waals surface area contributed by atoms with E-state index in [1.54, 1.807) is 0 Å². The average molecular weight is 218 g/mol. The van der Waals surface area contributed by atoms with Gasteiger partial charge in [-0.3, -0.25) is 4.79 Å². The lowest BCUT2D eigenvalue weighted by Crippen LogP contribution is -2.39. The van der Waals surface area contributed by atoms with Crippen LogP contribution in [0.2, 0.25) is 0 Å². The Morgan fingerprint density at radius 2 is 2.31 bits per heavy atom. The van der Waals surface area contributed by atoms with Gasteiger partial charge in [-0.1, -0.05) is 31.2 Å². The second-order valence-electron chi connectivity index (χ2n) is 4.17. The lowest BCUT2D eigenvalue weighted by Gasteiger charge is -2.25. The molecule has 2 N–H and O–H groups in total. The van der Waals surface area contributed by atoms with E-state index < -0.39 is 0 Å². The first-order valence-electron chi connectivity index (χ1n) is 5.89. The Morgan fingerprint density at radius 1 is 1.50 bits per heavy atom. The summed E-state index contributed by atoms with van der Waals surface area (Å²) >= 11 is 0. The normalized spacial score (nSPS) is 18.9. The van der Waals surface area contributed by atoms with Crippen molar-refractivity contribution in [2.75, 3.05) is 13.1 Å². The van der Waals surface area contributed by atoms with Crippen molar-refractivity contribution in [3.05, 3.63) is 35.4 Å². The minimum atomic E-state index is -0.0310. The Balaban J connectivity index is 2.15. The maximum atomic E-state index is 12.0. The predicted octanol–water partition coefficient (Wildman–Crippen LogP) is 1.40. The predicted molar refractivity (Wildman–Crippen MR) is 64.2 cm³/mol. The number of carbonyl (C=O) groups excluding carboxylic acids is 1. The van der Waals surface area contributed by atoms with Gasteiger partial charge in [-0.2, -0.15) is 0 Å². The number of fused-ring (bicyclic) bond motifs is 1. The lowest BCUT2D eigenvalue weighted by atomic mass is 9.90. The zero-order valence-corrected chi connectivity index (χ0v) is 9.62. The molecule has 0 radical (unpaired) electrons. The molecular formula is C13H18N2O. The van der Waals surface area contributed by atoms with Crippen molar-refractivity contribution in [3.63, 3.8) is 0 Å². The van der Waals surface area contributed by atoms with Gasteiger partial charge in [-0.15, -0.1) is 0 Å². The number of benzene rings is 1. The highest BCUT2D eigenvalue weighted by Crippen LogP contribution is 2.23. The standard InChI is InChI=1S/C13H18N2O/c1-2-7-15-13(16)12-9-14-8-10-5-3-4-6-11(10)12/h3-6,12,14H,2,7-9H2,1H3,(H,15,16). The molecule has 1 amide bonds. The summed E-state index contributed by atoms with van der Waals surface area (Å²) in [5.74, 6) is 0.109. The Kier molecular flexibility index (Phi) is 3.57. The minimum Gasteiger partial charge on any atom is -0.356 e. The molecular weight excluding hydrogens is 200 g/mol. The highest BCUT2D eigenvalue weighted by Gasteiger charge is 2.25. The van der Waals surface area contributed by atoms with E-state index in [0.29, 0.717) is 0 Å². The first kappa shape index (κ1) is 11.1. The molecule has 1 aliphatic rings. The van der Waals surface area contributed by atoms with Crippen LogP contribution >= 0.6 is 0 Å². The Labute approximate surface area is 96.2 Å². The van der Waals surface area contributed by atoms with Crippen LogP contribution in [-0.4, -0.2) is 19.0 Å². The molecule has 1 atom stereocenters. The number of hydrogen-bond acceptors (Lipinski definition) is 2. The molecule has 0 aliphatic carbocycles. The van der Waals surface area contributed by atoms with E-state index in [-0.39, 0.29) is 11.8 Å². The highest BCUT2D eigenvalue weighted by atomic mass is 16.1. The number of nitrogens with one attached hydrogen (secondary N) is 2. The Bertz CT molecular complexity index is 376. The summed E-state index contributed by atoms with van der Waals surface area (Å²) in [6.45, 7) is 4.44. The van der Waals surface area contributed by atoms with Gasteiger partial charge < -0.3 is 10.6 Å². The largest absolute Gasteiger partial charge is 0.356 e. The van der Waals surface area contributed by atoms with Crippen LogP contribution in [0.4, 0.5) is 0 Å². The van der Waals surface area contributed by atoms with Crippen LogP contribution in [0.25, 0.3) is 0 Å². The zero-order chi connectivity index (χ0) is 11.4. The van der Waals surface area contributed by atoms with Crippen LogP contribution in [0.15, 0.2) is 24.3 Å². The fraction of sp³-hybridized carbons (Fsp3) is 0.462. The fourth-order valence-corrected chi connectivity index (χ4v) is 2.10. The van der Waals surface area contributed by atoms with Crippen molar-refractivity contribution in [2.45, 2.75) is 25.8 Å². The van der Waals surface area contributed by atoms with E-state index in [4.69, 9.17) is 0 Å². The smallest absolute Gasteiger partial charge is 0.228 e. The molecule has 3 nitrogen and oxygen atoms in total. The molecule has 0 aromatic heterocycles. The lowest BCUT2D eigenvalue weighted by molar-refractivity contribution is -0.122. The monoisotopic (exact) mass is 218 g/mol. The quantitative estimate of drug-likeness (QED) is 0.805. The second kappa shape index (κ2) is 5.12. The molecule has 1 unspecified atom stereocenters. The molecule has 0 bridgehead atoms. The summed E-state index contributed by atoms with van der Waals surface area (Å²) in [5, 5.41) is 6.25. The highest BCUT2D eigenvalue weighted by molar-refractivity contribution is 5.84. The van der Waals surface area contributed by atoms with E-state index in [9.17, 15) is 4.79 Å². The van der Waals surface area contributed by atoms with Crippen molar-refractivity contribution < 1.29 is 4.79 Å². The van der Waals surface area contributed by atoms with E-state index in [1.807, 2.05) is 12.1 Å². The average Bonchev–Trinajstić information content (AvgIpc) is 2.35. The molecule has 1 aliphatic heterocycles. The van der Waals surface area contributed by atoms with E-state index in [2.05, 4.69) is 29.7 Å². The maximum Gasteiger partial charge on any atom is 0.228 e. The fourth-order valence-electron chi connectivity index (χ4n) is 2.10. The first-order valence-corrected chi connectivity index (χ1v) is 5.89. The molecule has 3 heteroatoms. The number of carbonyl (C=O) groups is 1. The number of hydrogen-bond donors (Lipinski definition) is 2. The molecule has 0 saturated heterocycles. The van der Waals surface area contributed by atoms with Crippen LogP contribution in [0.3, 0.4) is 0 Å². The maximum absolute atomic E-state index is 12.0. The van der Waals surface area contributed by atoms with Crippen LogP contribution in [-0.2, 0) is 11.3 Å². The van der Waals surface area contributed by atoms with Gasteiger partial charge in [0.05, 0.1) is 5.92 Å². The van der Waals surface area contributed by atoms with E-state index >= 15 is 0 Å². The molecule has 0 fully saturated rings. The van der Waals surface area contributed by atoms with Crippen LogP contribution in [0, 0.1) is 0 Å². The zero-order valence-electron chi connectivity index (χ0n) is 9.62. The van der Waals surface area contributed by atoms with Crippen molar-refractivity contribution >= 4 is 5.91 Å². The van der Waals surface area contributed by atoms with E-state index in [1.165, 1.54) is 11.1 Å². The third-order valence-electron chi connectivity index (χ3n) is 2.96. The molecule has 0 saturated carbocycles. The summed E-state index contributed by atoms with van der Waals surface area (Å²) < 4.78 is 0. The molecule has 1 aromatic rings. The summed E-state index contributed by atoms with van der Waals surface area (Å²) in [6.07, 6.45) is 0.980. The molecule has 2 rings (SSSR count). The third kappa shape index (κ3) is 2.25. The van der Waals surface area contributed by atoms with Gasteiger partial charge in [0.15, 0.2) is 0 Å². The van der Waals surface area contributed by atoms with Gasteiger partial charge in [-0.05, 0) is 17.5 Å². The molecule has 86 valence electrons. The van der Waals surface area contributed by atoms with Gasteiger partial charge >= 0.3 is 0 Å². The van der Waals surface area contributed by atoms with Gasteiger partial charge in [-0.25, -0.2) is 0 Å². The summed E-state index contributed by atoms with van der Waals surface area (Å²) in [5.41, 5.74) is 2.42. The van der Waals surface area contributed by atoms with Crippen molar-refractivity contribution in [1.29, 1.82) is 0 Å². The Morgan fingerprint density at radius 3 is 3.12 bits per heavy atom. The van der Waals surface area contributed by atoms with Crippen molar-refractivity contribution in [1.82, 2.24) is 10.6 Å². The second-order valence-corrected chi connectivity index (χ2v) is 4.17. The third-order valence-corrected chi connectivity index (χ3v) is 2.96. The van der Waals surface area contributed by atoms with Crippen LogP contribution in [0.1, 0.15) is 30.4 Å². The van der Waals surface area contributed by atoms with Crippen LogP contribution in [0.5, 0.6) is 0 Å². The summed E-state index contributed by atoms with van der Waals surface area (Å²) in [7, 11) is 0.